The van der Waals surface area contributed by atoms with Crippen LogP contribution in [0.3, 0.4) is 0 Å². The number of benzene rings is 5. The first kappa shape index (κ1) is 22.4. The fraction of sp³-hybridized carbons (Fsp3) is 0. The molecule has 34 heavy (non-hydrogen) atoms. The van der Waals surface area contributed by atoms with E-state index in [-0.39, 0.29) is 11.5 Å². The third-order valence-corrected chi connectivity index (χ3v) is 10.5. The molecule has 5 rings (SSSR count). The van der Waals surface area contributed by atoms with Gasteiger partial charge in [-0.1, -0.05) is 121 Å². The predicted octanol–water partition coefficient (Wildman–Crippen LogP) is 4.61. The molecule has 166 valence electrons. The lowest BCUT2D eigenvalue weighted by atomic mass is 10.3. The van der Waals surface area contributed by atoms with E-state index in [0.717, 1.165) is 31.8 Å². The van der Waals surface area contributed by atoms with Crippen molar-refractivity contribution in [1.29, 1.82) is 0 Å². The summed E-state index contributed by atoms with van der Waals surface area (Å²) in [7, 11) is -2.05. The molecule has 0 aliphatic rings. The smallest absolute Gasteiger partial charge is 0.124 e. The van der Waals surface area contributed by atoms with Crippen molar-refractivity contribution in [2.24, 2.45) is 0 Å². The Bertz CT molecular complexity index is 1170. The van der Waals surface area contributed by atoms with E-state index in [4.69, 9.17) is 0 Å². The highest BCUT2D eigenvalue weighted by atomic mass is 31.1. The van der Waals surface area contributed by atoms with E-state index in [1.54, 1.807) is 12.1 Å². The Morgan fingerprint density at radius 3 is 0.824 bits per heavy atom. The highest BCUT2D eigenvalue weighted by molar-refractivity contribution is 7.80. The van der Waals surface area contributed by atoms with Crippen molar-refractivity contribution in [3.05, 3.63) is 133 Å². The highest BCUT2D eigenvalue weighted by Crippen LogP contribution is 2.41. The first-order valence-electron chi connectivity index (χ1n) is 11.1. The number of hydrogen-bond donors (Lipinski definition) is 2. The minimum absolute atomic E-state index is 0.214. The molecule has 2 N–H and O–H groups in total. The van der Waals surface area contributed by atoms with E-state index in [1.807, 2.05) is 72.8 Å². The molecule has 0 unspecified atom stereocenters. The summed E-state index contributed by atoms with van der Waals surface area (Å²) in [5, 5.41) is 28.7. The fourth-order valence-corrected chi connectivity index (χ4v) is 8.76. The maximum absolute atomic E-state index is 11.4. The van der Waals surface area contributed by atoms with Crippen LogP contribution in [0.1, 0.15) is 0 Å². The quantitative estimate of drug-likeness (QED) is 0.276. The van der Waals surface area contributed by atoms with Gasteiger partial charge in [0.1, 0.15) is 11.5 Å². The molecule has 5 aromatic carbocycles. The molecule has 0 atom stereocenters. The van der Waals surface area contributed by atoms with Crippen LogP contribution < -0.4 is 31.8 Å². The summed E-state index contributed by atoms with van der Waals surface area (Å²) in [6.07, 6.45) is 0. The zero-order valence-corrected chi connectivity index (χ0v) is 20.3. The van der Waals surface area contributed by atoms with Crippen molar-refractivity contribution in [2.45, 2.75) is 0 Å². The Kier molecular flexibility index (Phi) is 6.72. The average molecular weight is 478 g/mol. The van der Waals surface area contributed by atoms with Crippen LogP contribution in [-0.2, 0) is 0 Å². The molecule has 0 fully saturated rings. The maximum atomic E-state index is 11.4. The van der Waals surface area contributed by atoms with Crippen LogP contribution in [0.15, 0.2) is 133 Å². The average Bonchev–Trinajstić information content (AvgIpc) is 2.90. The van der Waals surface area contributed by atoms with Gasteiger partial charge in [-0.2, -0.15) is 0 Å². The van der Waals surface area contributed by atoms with Crippen LogP contribution in [0.2, 0.25) is 0 Å². The van der Waals surface area contributed by atoms with Crippen LogP contribution >= 0.6 is 15.8 Å². The Balaban J connectivity index is 1.67. The second kappa shape index (κ2) is 10.2. The van der Waals surface area contributed by atoms with Gasteiger partial charge in [0.05, 0.1) is 0 Å². The summed E-state index contributed by atoms with van der Waals surface area (Å²) in [6, 6.07) is 44.4. The number of phenolic OH excluding ortho intramolecular Hbond substituents is 2. The lowest BCUT2D eigenvalue weighted by molar-refractivity contribution is 0.467. The summed E-state index contributed by atoms with van der Waals surface area (Å²) in [4.78, 5) is 0. The minimum Gasteiger partial charge on any atom is -0.507 e. The molecule has 4 heteroatoms. The van der Waals surface area contributed by atoms with Crippen LogP contribution in [0.25, 0.3) is 0 Å². The Morgan fingerprint density at radius 1 is 0.353 bits per heavy atom. The third kappa shape index (κ3) is 4.62. The molecular formula is C30H24O2P2. The van der Waals surface area contributed by atoms with Crippen molar-refractivity contribution in [3.8, 4) is 11.5 Å². The first-order valence-corrected chi connectivity index (χ1v) is 13.8. The summed E-state index contributed by atoms with van der Waals surface area (Å²) in [6.45, 7) is 0. The molecule has 0 heterocycles. The first-order chi connectivity index (χ1) is 16.7. The van der Waals surface area contributed by atoms with Gasteiger partial charge in [0.15, 0.2) is 0 Å². The van der Waals surface area contributed by atoms with Crippen LogP contribution in [0.4, 0.5) is 0 Å². The molecule has 0 saturated carbocycles. The van der Waals surface area contributed by atoms with Gasteiger partial charge in [0, 0.05) is 10.6 Å². The van der Waals surface area contributed by atoms with E-state index in [0.29, 0.717) is 0 Å². The second-order valence-corrected chi connectivity index (χ2v) is 12.2. The molecule has 0 aliphatic heterocycles. The summed E-state index contributed by atoms with van der Waals surface area (Å²) < 4.78 is 0. The summed E-state index contributed by atoms with van der Waals surface area (Å²) in [5.74, 6) is 0.428. The fourth-order valence-electron chi connectivity index (χ4n) is 4.08. The molecule has 0 radical (unpaired) electrons. The van der Waals surface area contributed by atoms with E-state index >= 15 is 0 Å². The highest BCUT2D eigenvalue weighted by Gasteiger charge is 2.25. The molecule has 0 amide bonds. The molecule has 5 aromatic rings. The molecular weight excluding hydrogens is 454 g/mol. The second-order valence-electron chi connectivity index (χ2n) is 7.84. The summed E-state index contributed by atoms with van der Waals surface area (Å²) in [5.41, 5.74) is 0. The van der Waals surface area contributed by atoms with Crippen LogP contribution in [-0.4, -0.2) is 10.2 Å². The zero-order chi connectivity index (χ0) is 23.3. The number of phenols is 2. The molecule has 0 aliphatic carbocycles. The van der Waals surface area contributed by atoms with Gasteiger partial charge < -0.3 is 10.2 Å². The van der Waals surface area contributed by atoms with E-state index in [9.17, 15) is 10.2 Å². The maximum Gasteiger partial charge on any atom is 0.124 e. The largest absolute Gasteiger partial charge is 0.507 e. The van der Waals surface area contributed by atoms with Crippen LogP contribution in [0, 0.1) is 0 Å². The minimum atomic E-state index is -1.03. The van der Waals surface area contributed by atoms with Gasteiger partial charge in [-0.3, -0.25) is 0 Å². The van der Waals surface area contributed by atoms with Gasteiger partial charge in [-0.15, -0.1) is 0 Å². The van der Waals surface area contributed by atoms with Gasteiger partial charge in [-0.05, 0) is 49.2 Å². The lowest BCUT2D eigenvalue weighted by Crippen LogP contribution is -2.25. The molecule has 0 saturated heterocycles. The topological polar surface area (TPSA) is 40.5 Å². The molecule has 0 spiro atoms. The van der Waals surface area contributed by atoms with Gasteiger partial charge in [-0.25, -0.2) is 0 Å². The number of hydrogen-bond acceptors (Lipinski definition) is 2. The van der Waals surface area contributed by atoms with Crippen LogP contribution in [0.5, 0.6) is 11.5 Å². The SMILES string of the molecule is Oc1cc(P(c2ccccc2)c2ccccc2)c(O)cc1P(c1ccccc1)c1ccccc1. The molecule has 2 nitrogen and oxygen atoms in total. The van der Waals surface area contributed by atoms with Crippen molar-refractivity contribution in [3.63, 3.8) is 0 Å². The normalized spacial score (nSPS) is 11.1. The third-order valence-electron chi connectivity index (χ3n) is 5.61. The lowest BCUT2D eigenvalue weighted by Gasteiger charge is -2.24. The monoisotopic (exact) mass is 478 g/mol. The van der Waals surface area contributed by atoms with Crippen molar-refractivity contribution >= 4 is 47.7 Å². The Labute approximate surface area is 202 Å². The van der Waals surface area contributed by atoms with Crippen molar-refractivity contribution in [1.82, 2.24) is 0 Å². The molecule has 0 bridgehead atoms. The molecule has 0 aromatic heterocycles. The van der Waals surface area contributed by atoms with Gasteiger partial charge in [0.25, 0.3) is 0 Å². The van der Waals surface area contributed by atoms with Crippen molar-refractivity contribution in [2.75, 3.05) is 0 Å². The summed E-state index contributed by atoms with van der Waals surface area (Å²) >= 11 is 0. The zero-order valence-electron chi connectivity index (χ0n) is 18.5. The number of aromatic hydroxyl groups is 2. The van der Waals surface area contributed by atoms with E-state index < -0.39 is 15.8 Å². The Hall–Kier alpha value is -3.44. The van der Waals surface area contributed by atoms with E-state index in [1.165, 1.54) is 0 Å². The van der Waals surface area contributed by atoms with Gasteiger partial charge >= 0.3 is 0 Å². The predicted molar refractivity (Wildman–Crippen MR) is 147 cm³/mol. The number of rotatable bonds is 6. The standard InChI is InChI=1S/C30H24O2P2/c31-27-22-30(34(25-17-9-3-10-18-25)26-19-11-4-12-20-26)28(32)21-29(27)33(23-13-5-1-6-14-23)24-15-7-2-8-16-24/h1-22,31-32H. The van der Waals surface area contributed by atoms with Crippen molar-refractivity contribution < 1.29 is 10.2 Å². The van der Waals surface area contributed by atoms with E-state index in [2.05, 4.69) is 48.5 Å². The van der Waals surface area contributed by atoms with Gasteiger partial charge in [0.2, 0.25) is 0 Å². The Morgan fingerprint density at radius 2 is 0.588 bits per heavy atom.